The van der Waals surface area contributed by atoms with Gasteiger partial charge in [0, 0.05) is 4.47 Å². The first kappa shape index (κ1) is 13.2. The standard InChI is InChI=1S/C12H13BrFN3O/c1-2-5-15-7-11-16-17-12(18-11)9-4-3-8(14)6-10(9)13/h3-4,6,15H,2,5,7H2,1H3. The monoisotopic (exact) mass is 313 g/mol. The van der Waals surface area contributed by atoms with Crippen LogP contribution < -0.4 is 5.32 Å². The van der Waals surface area contributed by atoms with E-state index in [2.05, 4.69) is 38.4 Å². The molecule has 6 heteroatoms. The molecule has 0 saturated carbocycles. The highest BCUT2D eigenvalue weighted by molar-refractivity contribution is 9.10. The highest BCUT2D eigenvalue weighted by Crippen LogP contribution is 2.27. The van der Waals surface area contributed by atoms with Crippen LogP contribution in [0.25, 0.3) is 11.5 Å². The minimum absolute atomic E-state index is 0.310. The number of benzene rings is 1. The molecule has 0 aliphatic heterocycles. The minimum atomic E-state index is -0.310. The van der Waals surface area contributed by atoms with Gasteiger partial charge in [-0.1, -0.05) is 6.92 Å². The summed E-state index contributed by atoms with van der Waals surface area (Å²) in [6, 6.07) is 4.34. The normalized spacial score (nSPS) is 10.8. The summed E-state index contributed by atoms with van der Waals surface area (Å²) in [5.74, 6) is 0.597. The van der Waals surface area contributed by atoms with Gasteiger partial charge in [0.2, 0.25) is 11.8 Å². The first-order valence-corrected chi connectivity index (χ1v) is 6.48. The SMILES string of the molecule is CCCNCc1nnc(-c2ccc(F)cc2Br)o1. The van der Waals surface area contributed by atoms with E-state index in [9.17, 15) is 4.39 Å². The van der Waals surface area contributed by atoms with Crippen LogP contribution in [-0.4, -0.2) is 16.7 Å². The van der Waals surface area contributed by atoms with Crippen molar-refractivity contribution < 1.29 is 8.81 Å². The van der Waals surface area contributed by atoms with E-state index >= 15 is 0 Å². The average molecular weight is 314 g/mol. The van der Waals surface area contributed by atoms with Crippen molar-refractivity contribution in [1.29, 1.82) is 0 Å². The maximum absolute atomic E-state index is 13.0. The van der Waals surface area contributed by atoms with Gasteiger partial charge in [-0.3, -0.25) is 0 Å². The van der Waals surface area contributed by atoms with Gasteiger partial charge in [-0.05, 0) is 47.1 Å². The molecule has 18 heavy (non-hydrogen) atoms. The fourth-order valence-corrected chi connectivity index (χ4v) is 1.99. The molecule has 0 atom stereocenters. The van der Waals surface area contributed by atoms with Gasteiger partial charge in [0.1, 0.15) is 5.82 Å². The molecule has 0 saturated heterocycles. The zero-order chi connectivity index (χ0) is 13.0. The second-order valence-corrected chi connectivity index (χ2v) is 4.66. The van der Waals surface area contributed by atoms with Crippen LogP contribution in [0.2, 0.25) is 0 Å². The van der Waals surface area contributed by atoms with Crippen molar-refractivity contribution in [3.05, 3.63) is 34.4 Å². The molecule has 0 aliphatic carbocycles. The molecule has 0 amide bonds. The van der Waals surface area contributed by atoms with E-state index in [4.69, 9.17) is 4.42 Å². The number of nitrogens with zero attached hydrogens (tertiary/aromatic N) is 2. The molecule has 0 aliphatic rings. The molecule has 1 heterocycles. The first-order chi connectivity index (χ1) is 8.70. The van der Waals surface area contributed by atoms with Gasteiger partial charge in [0.15, 0.2) is 0 Å². The quantitative estimate of drug-likeness (QED) is 0.862. The summed E-state index contributed by atoms with van der Waals surface area (Å²) in [4.78, 5) is 0. The predicted molar refractivity (Wildman–Crippen MR) is 69.4 cm³/mol. The summed E-state index contributed by atoms with van der Waals surface area (Å²) in [5, 5.41) is 11.1. The third-order valence-corrected chi connectivity index (χ3v) is 2.99. The second-order valence-electron chi connectivity index (χ2n) is 3.80. The fraction of sp³-hybridized carbons (Fsp3) is 0.333. The maximum atomic E-state index is 13.0. The Morgan fingerprint density at radius 2 is 2.22 bits per heavy atom. The first-order valence-electron chi connectivity index (χ1n) is 5.69. The molecule has 1 N–H and O–H groups in total. The average Bonchev–Trinajstić information content (AvgIpc) is 2.78. The van der Waals surface area contributed by atoms with E-state index < -0.39 is 0 Å². The largest absolute Gasteiger partial charge is 0.419 e. The number of hydrogen-bond acceptors (Lipinski definition) is 4. The van der Waals surface area contributed by atoms with Gasteiger partial charge in [-0.2, -0.15) is 0 Å². The number of nitrogens with one attached hydrogen (secondary N) is 1. The molecular weight excluding hydrogens is 301 g/mol. The van der Waals surface area contributed by atoms with E-state index in [1.807, 2.05) is 0 Å². The lowest BCUT2D eigenvalue weighted by molar-refractivity contribution is 0.477. The fourth-order valence-electron chi connectivity index (χ4n) is 1.47. The van der Waals surface area contributed by atoms with Crippen LogP contribution in [0.15, 0.2) is 27.1 Å². The maximum Gasteiger partial charge on any atom is 0.248 e. The van der Waals surface area contributed by atoms with Crippen molar-refractivity contribution in [2.75, 3.05) is 6.54 Å². The Morgan fingerprint density at radius 1 is 1.39 bits per heavy atom. The molecule has 0 spiro atoms. The van der Waals surface area contributed by atoms with Crippen molar-refractivity contribution >= 4 is 15.9 Å². The molecule has 0 fully saturated rings. The van der Waals surface area contributed by atoms with Crippen molar-refractivity contribution in [1.82, 2.24) is 15.5 Å². The third-order valence-electron chi connectivity index (χ3n) is 2.33. The van der Waals surface area contributed by atoms with Crippen LogP contribution in [0.5, 0.6) is 0 Å². The molecule has 4 nitrogen and oxygen atoms in total. The molecule has 1 aromatic heterocycles. The summed E-state index contributed by atoms with van der Waals surface area (Å²) < 4.78 is 19.1. The Labute approximate surface area is 113 Å². The van der Waals surface area contributed by atoms with E-state index in [-0.39, 0.29) is 5.82 Å². The van der Waals surface area contributed by atoms with Gasteiger partial charge in [-0.15, -0.1) is 10.2 Å². The highest BCUT2D eigenvalue weighted by Gasteiger charge is 2.11. The van der Waals surface area contributed by atoms with Crippen LogP contribution >= 0.6 is 15.9 Å². The van der Waals surface area contributed by atoms with E-state index in [0.717, 1.165) is 13.0 Å². The molecule has 0 radical (unpaired) electrons. The molecule has 0 unspecified atom stereocenters. The highest BCUT2D eigenvalue weighted by atomic mass is 79.9. The van der Waals surface area contributed by atoms with Crippen LogP contribution in [0.1, 0.15) is 19.2 Å². The van der Waals surface area contributed by atoms with Crippen LogP contribution in [0.4, 0.5) is 4.39 Å². The summed E-state index contributed by atoms with van der Waals surface area (Å²) in [6.07, 6.45) is 1.05. The lowest BCUT2D eigenvalue weighted by Gasteiger charge is -1.99. The zero-order valence-electron chi connectivity index (χ0n) is 9.91. The van der Waals surface area contributed by atoms with Crippen molar-refractivity contribution in [3.63, 3.8) is 0 Å². The lowest BCUT2D eigenvalue weighted by atomic mass is 10.2. The number of aromatic nitrogens is 2. The smallest absolute Gasteiger partial charge is 0.248 e. The predicted octanol–water partition coefficient (Wildman–Crippen LogP) is 3.14. The summed E-state index contributed by atoms with van der Waals surface area (Å²) in [6.45, 7) is 3.53. The molecular formula is C12H13BrFN3O. The van der Waals surface area contributed by atoms with Crippen LogP contribution in [0.3, 0.4) is 0 Å². The summed E-state index contributed by atoms with van der Waals surface area (Å²) in [5.41, 5.74) is 0.686. The van der Waals surface area contributed by atoms with Crippen molar-refractivity contribution in [2.24, 2.45) is 0 Å². The topological polar surface area (TPSA) is 51.0 Å². The van der Waals surface area contributed by atoms with Gasteiger partial charge in [0.25, 0.3) is 0 Å². The second kappa shape index (κ2) is 6.06. The van der Waals surface area contributed by atoms with Crippen molar-refractivity contribution in [2.45, 2.75) is 19.9 Å². The molecule has 1 aromatic carbocycles. The van der Waals surface area contributed by atoms with E-state index in [1.165, 1.54) is 12.1 Å². The molecule has 2 aromatic rings. The summed E-state index contributed by atoms with van der Waals surface area (Å²) >= 11 is 3.27. The van der Waals surface area contributed by atoms with Crippen molar-refractivity contribution in [3.8, 4) is 11.5 Å². The van der Waals surface area contributed by atoms with Gasteiger partial charge >= 0.3 is 0 Å². The zero-order valence-corrected chi connectivity index (χ0v) is 11.5. The van der Waals surface area contributed by atoms with E-state index in [0.29, 0.717) is 28.4 Å². The molecule has 2 rings (SSSR count). The van der Waals surface area contributed by atoms with E-state index in [1.54, 1.807) is 6.07 Å². The van der Waals surface area contributed by atoms with Gasteiger partial charge in [0.05, 0.1) is 12.1 Å². The Hall–Kier alpha value is -1.27. The van der Waals surface area contributed by atoms with Crippen LogP contribution in [-0.2, 0) is 6.54 Å². The number of rotatable bonds is 5. The summed E-state index contributed by atoms with van der Waals surface area (Å²) in [7, 11) is 0. The van der Waals surface area contributed by atoms with Crippen LogP contribution in [0, 0.1) is 5.82 Å². The number of halogens is 2. The Bertz CT molecular complexity index is 530. The molecule has 0 bridgehead atoms. The Morgan fingerprint density at radius 3 is 2.94 bits per heavy atom. The van der Waals surface area contributed by atoms with Gasteiger partial charge < -0.3 is 9.73 Å². The molecule has 96 valence electrons. The lowest BCUT2D eigenvalue weighted by Crippen LogP contribution is -2.13. The Kier molecular flexibility index (Phi) is 4.43. The Balaban J connectivity index is 2.13. The minimum Gasteiger partial charge on any atom is -0.419 e. The number of hydrogen-bond donors (Lipinski definition) is 1. The third kappa shape index (κ3) is 3.14. The van der Waals surface area contributed by atoms with Gasteiger partial charge in [-0.25, -0.2) is 4.39 Å².